The highest BCUT2D eigenvalue weighted by Gasteiger charge is 2.28. The predicted octanol–water partition coefficient (Wildman–Crippen LogP) is 4.16. The zero-order valence-corrected chi connectivity index (χ0v) is 16.8. The van der Waals surface area contributed by atoms with Gasteiger partial charge in [0, 0.05) is 0 Å². The molecule has 0 fully saturated rings. The predicted molar refractivity (Wildman–Crippen MR) is 111 cm³/mol. The Balaban J connectivity index is 2.06. The van der Waals surface area contributed by atoms with Gasteiger partial charge in [-0.25, -0.2) is 8.42 Å². The summed E-state index contributed by atoms with van der Waals surface area (Å²) in [5.41, 5.74) is 1.52. The summed E-state index contributed by atoms with van der Waals surface area (Å²) in [6.07, 6.45) is 0.843. The van der Waals surface area contributed by atoms with Crippen LogP contribution in [0.3, 0.4) is 0 Å². The van der Waals surface area contributed by atoms with E-state index in [-0.39, 0.29) is 18.0 Å². The Labute approximate surface area is 165 Å². The van der Waals surface area contributed by atoms with Crippen molar-refractivity contribution in [3.05, 3.63) is 72.3 Å². The minimum absolute atomic E-state index is 0.134. The van der Waals surface area contributed by atoms with Crippen LogP contribution >= 0.6 is 0 Å². The average molecular weight is 397 g/mol. The third-order valence-corrected chi connectivity index (χ3v) is 6.29. The molecule has 146 valence electrons. The zero-order chi connectivity index (χ0) is 20.1. The fourth-order valence-electron chi connectivity index (χ4n) is 2.99. The van der Waals surface area contributed by atoms with Crippen LogP contribution in [0.2, 0.25) is 0 Å². The fraction of sp³-hybridized carbons (Fsp3) is 0.227. The van der Waals surface area contributed by atoms with Crippen molar-refractivity contribution in [1.29, 1.82) is 0 Å². The Morgan fingerprint density at radius 2 is 1.61 bits per heavy atom. The standard InChI is InChI=1S/C22H23NO4S/c1-3-17-9-12-20(13-10-17)23(16-22(24)27-4-2)28(25,26)21-14-11-18-7-5-6-8-19(18)15-21/h5-15H,3-4,16H2,1-2H3. The smallest absolute Gasteiger partial charge is 0.326 e. The molecule has 0 atom stereocenters. The quantitative estimate of drug-likeness (QED) is 0.562. The highest BCUT2D eigenvalue weighted by Crippen LogP contribution is 2.26. The lowest BCUT2D eigenvalue weighted by Gasteiger charge is -2.24. The van der Waals surface area contributed by atoms with Crippen LogP contribution in [-0.2, 0) is 26.0 Å². The number of nitrogens with zero attached hydrogens (tertiary/aromatic N) is 1. The van der Waals surface area contributed by atoms with Gasteiger partial charge in [-0.15, -0.1) is 0 Å². The molecule has 0 aliphatic carbocycles. The summed E-state index contributed by atoms with van der Waals surface area (Å²) in [4.78, 5) is 12.2. The fourth-order valence-corrected chi connectivity index (χ4v) is 4.44. The molecule has 28 heavy (non-hydrogen) atoms. The van der Waals surface area contributed by atoms with Gasteiger partial charge in [-0.2, -0.15) is 0 Å². The van der Waals surface area contributed by atoms with E-state index >= 15 is 0 Å². The number of benzene rings is 3. The molecule has 0 aliphatic rings. The van der Waals surface area contributed by atoms with Crippen LogP contribution in [0, 0.1) is 0 Å². The van der Waals surface area contributed by atoms with Crippen LogP contribution < -0.4 is 4.31 Å². The molecule has 0 N–H and O–H groups in total. The van der Waals surface area contributed by atoms with E-state index in [1.54, 1.807) is 37.3 Å². The lowest BCUT2D eigenvalue weighted by atomic mass is 10.1. The van der Waals surface area contributed by atoms with E-state index in [0.717, 1.165) is 27.1 Å². The topological polar surface area (TPSA) is 63.7 Å². The molecule has 0 saturated carbocycles. The number of anilines is 1. The number of esters is 1. The maximum Gasteiger partial charge on any atom is 0.326 e. The Bertz CT molecular complexity index is 1080. The Morgan fingerprint density at radius 3 is 2.25 bits per heavy atom. The molecule has 0 unspecified atom stereocenters. The third-order valence-electron chi connectivity index (χ3n) is 4.52. The van der Waals surface area contributed by atoms with Gasteiger partial charge in [-0.05, 0) is 53.9 Å². The summed E-state index contributed by atoms with van der Waals surface area (Å²) < 4.78 is 32.9. The van der Waals surface area contributed by atoms with Gasteiger partial charge in [-0.1, -0.05) is 49.4 Å². The maximum atomic E-state index is 13.4. The van der Waals surface area contributed by atoms with Crippen LogP contribution in [0.1, 0.15) is 19.4 Å². The number of aryl methyl sites for hydroxylation is 1. The summed E-state index contributed by atoms with van der Waals surface area (Å²) in [6.45, 7) is 3.53. The Hall–Kier alpha value is -2.86. The number of hydrogen-bond donors (Lipinski definition) is 0. The molecule has 0 aliphatic heterocycles. The molecule has 0 aromatic heterocycles. The summed E-state index contributed by atoms with van der Waals surface area (Å²) in [5, 5.41) is 1.77. The van der Waals surface area contributed by atoms with Crippen LogP contribution in [0.5, 0.6) is 0 Å². The normalized spacial score (nSPS) is 11.4. The van der Waals surface area contributed by atoms with Gasteiger partial charge in [0.05, 0.1) is 17.2 Å². The highest BCUT2D eigenvalue weighted by molar-refractivity contribution is 7.92. The minimum atomic E-state index is -3.95. The van der Waals surface area contributed by atoms with Gasteiger partial charge in [-0.3, -0.25) is 9.10 Å². The van der Waals surface area contributed by atoms with E-state index in [1.165, 1.54) is 0 Å². The number of carbonyl (C=O) groups excluding carboxylic acids is 1. The second-order valence-electron chi connectivity index (χ2n) is 6.35. The van der Waals surface area contributed by atoms with E-state index in [4.69, 9.17) is 4.74 Å². The monoisotopic (exact) mass is 397 g/mol. The van der Waals surface area contributed by atoms with Gasteiger partial charge in [0.25, 0.3) is 10.0 Å². The van der Waals surface area contributed by atoms with Crippen molar-refractivity contribution >= 4 is 32.5 Å². The van der Waals surface area contributed by atoms with Crippen LogP contribution in [0.4, 0.5) is 5.69 Å². The summed E-state index contributed by atoms with van der Waals surface area (Å²) in [5.74, 6) is -0.591. The summed E-state index contributed by atoms with van der Waals surface area (Å²) in [6, 6.07) is 19.7. The number of hydrogen-bond acceptors (Lipinski definition) is 4. The van der Waals surface area contributed by atoms with E-state index in [9.17, 15) is 13.2 Å². The molecule has 0 heterocycles. The molecular formula is C22H23NO4S. The van der Waals surface area contributed by atoms with Crippen molar-refractivity contribution in [3.63, 3.8) is 0 Å². The van der Waals surface area contributed by atoms with Crippen LogP contribution in [0.15, 0.2) is 71.6 Å². The van der Waals surface area contributed by atoms with Crippen LogP contribution in [-0.4, -0.2) is 27.5 Å². The lowest BCUT2D eigenvalue weighted by Crippen LogP contribution is -2.36. The lowest BCUT2D eigenvalue weighted by molar-refractivity contribution is -0.141. The second kappa shape index (κ2) is 8.44. The molecule has 5 nitrogen and oxygen atoms in total. The van der Waals surface area contributed by atoms with Crippen molar-refractivity contribution in [1.82, 2.24) is 0 Å². The highest BCUT2D eigenvalue weighted by atomic mass is 32.2. The third kappa shape index (κ3) is 4.17. The van der Waals surface area contributed by atoms with Crippen molar-refractivity contribution in [2.75, 3.05) is 17.5 Å². The van der Waals surface area contributed by atoms with E-state index < -0.39 is 16.0 Å². The largest absolute Gasteiger partial charge is 0.465 e. The first kappa shape index (κ1) is 19.9. The molecule has 0 bridgehead atoms. The Kier molecular flexibility index (Phi) is 5.99. The zero-order valence-electron chi connectivity index (χ0n) is 16.0. The SMILES string of the molecule is CCOC(=O)CN(c1ccc(CC)cc1)S(=O)(=O)c1ccc2ccccc2c1. The van der Waals surface area contributed by atoms with Crippen molar-refractivity contribution in [2.45, 2.75) is 25.2 Å². The van der Waals surface area contributed by atoms with Crippen LogP contribution in [0.25, 0.3) is 10.8 Å². The second-order valence-corrected chi connectivity index (χ2v) is 8.21. The number of fused-ring (bicyclic) bond motifs is 1. The minimum Gasteiger partial charge on any atom is -0.465 e. The molecule has 3 aromatic carbocycles. The molecule has 3 rings (SSSR count). The average Bonchev–Trinajstić information content (AvgIpc) is 2.72. The van der Waals surface area contributed by atoms with Gasteiger partial charge >= 0.3 is 5.97 Å². The first-order chi connectivity index (χ1) is 13.5. The number of rotatable bonds is 7. The summed E-state index contributed by atoms with van der Waals surface area (Å²) >= 11 is 0. The number of carbonyl (C=O) groups is 1. The van der Waals surface area contributed by atoms with Gasteiger partial charge in [0.2, 0.25) is 0 Å². The molecular weight excluding hydrogens is 374 g/mol. The van der Waals surface area contributed by atoms with E-state index in [2.05, 4.69) is 0 Å². The van der Waals surface area contributed by atoms with E-state index in [0.29, 0.717) is 5.69 Å². The number of sulfonamides is 1. The van der Waals surface area contributed by atoms with Crippen molar-refractivity contribution in [2.24, 2.45) is 0 Å². The molecule has 3 aromatic rings. The summed E-state index contributed by atoms with van der Waals surface area (Å²) in [7, 11) is -3.95. The van der Waals surface area contributed by atoms with Gasteiger partial charge in [0.15, 0.2) is 0 Å². The molecule has 0 amide bonds. The molecule has 6 heteroatoms. The molecule has 0 radical (unpaired) electrons. The first-order valence-electron chi connectivity index (χ1n) is 9.21. The van der Waals surface area contributed by atoms with Crippen molar-refractivity contribution < 1.29 is 17.9 Å². The van der Waals surface area contributed by atoms with Gasteiger partial charge < -0.3 is 4.74 Å². The maximum absolute atomic E-state index is 13.4. The van der Waals surface area contributed by atoms with Crippen molar-refractivity contribution in [3.8, 4) is 0 Å². The van der Waals surface area contributed by atoms with Gasteiger partial charge in [0.1, 0.15) is 6.54 Å². The molecule has 0 saturated heterocycles. The molecule has 0 spiro atoms. The first-order valence-corrected chi connectivity index (χ1v) is 10.7. The van der Waals surface area contributed by atoms with E-state index in [1.807, 2.05) is 43.3 Å². The Morgan fingerprint density at radius 1 is 0.929 bits per heavy atom. The number of ether oxygens (including phenoxy) is 1.